The summed E-state index contributed by atoms with van der Waals surface area (Å²) in [6.45, 7) is 6.29. The van der Waals surface area contributed by atoms with E-state index in [1.165, 1.54) is 12.8 Å². The summed E-state index contributed by atoms with van der Waals surface area (Å²) in [5.41, 5.74) is 0.690. The van der Waals surface area contributed by atoms with Crippen molar-refractivity contribution in [2.24, 2.45) is 0 Å². The van der Waals surface area contributed by atoms with E-state index in [9.17, 15) is 4.79 Å². The third-order valence-corrected chi connectivity index (χ3v) is 4.58. The highest BCUT2D eigenvalue weighted by atomic mass is 35.5. The lowest BCUT2D eigenvalue weighted by Crippen LogP contribution is -2.51. The van der Waals surface area contributed by atoms with Crippen molar-refractivity contribution < 1.29 is 4.79 Å². The van der Waals surface area contributed by atoms with Gasteiger partial charge in [0.05, 0.1) is 5.54 Å². The quantitative estimate of drug-likeness (QED) is 0.819. The van der Waals surface area contributed by atoms with E-state index in [-0.39, 0.29) is 5.54 Å². The predicted octanol–water partition coefficient (Wildman–Crippen LogP) is 3.72. The van der Waals surface area contributed by atoms with Crippen LogP contribution in [0.25, 0.3) is 0 Å². The molecule has 0 amide bonds. The summed E-state index contributed by atoms with van der Waals surface area (Å²) in [6, 6.07) is 7.61. The van der Waals surface area contributed by atoms with Gasteiger partial charge in [0.15, 0.2) is 5.78 Å². The van der Waals surface area contributed by atoms with Gasteiger partial charge in [-0.25, -0.2) is 0 Å². The molecule has 0 N–H and O–H groups in total. The molecule has 1 heterocycles. The summed E-state index contributed by atoms with van der Waals surface area (Å²) in [6.07, 6.45) is 3.76. The maximum Gasteiger partial charge on any atom is 0.157 e. The molecule has 0 aromatic heterocycles. The van der Waals surface area contributed by atoms with Crippen LogP contribution in [-0.2, 0) is 11.2 Å². The Morgan fingerprint density at radius 1 is 1.37 bits per heavy atom. The number of hydrogen-bond acceptors (Lipinski definition) is 2. The van der Waals surface area contributed by atoms with Crippen LogP contribution in [0.4, 0.5) is 0 Å². The van der Waals surface area contributed by atoms with Crippen LogP contribution in [0.3, 0.4) is 0 Å². The Hall–Kier alpha value is -0.860. The monoisotopic (exact) mass is 279 g/mol. The number of hydrogen-bond donors (Lipinski definition) is 0. The molecule has 0 bridgehead atoms. The van der Waals surface area contributed by atoms with E-state index in [1.54, 1.807) is 0 Å². The van der Waals surface area contributed by atoms with Crippen LogP contribution in [0.15, 0.2) is 24.3 Å². The summed E-state index contributed by atoms with van der Waals surface area (Å²) < 4.78 is 0. The highest BCUT2D eigenvalue weighted by Crippen LogP contribution is 2.27. The minimum Gasteiger partial charge on any atom is -0.297 e. The van der Waals surface area contributed by atoms with Crippen molar-refractivity contribution >= 4 is 17.4 Å². The van der Waals surface area contributed by atoms with Gasteiger partial charge in [-0.1, -0.05) is 30.7 Å². The van der Waals surface area contributed by atoms with Crippen LogP contribution in [0.2, 0.25) is 5.02 Å². The molecule has 1 aliphatic heterocycles. The van der Waals surface area contributed by atoms with Crippen LogP contribution in [0.5, 0.6) is 0 Å². The first-order valence-electron chi connectivity index (χ1n) is 7.09. The van der Waals surface area contributed by atoms with Crippen LogP contribution >= 0.6 is 11.6 Å². The number of benzene rings is 1. The molecule has 1 aliphatic rings. The summed E-state index contributed by atoms with van der Waals surface area (Å²) in [4.78, 5) is 15.0. The summed E-state index contributed by atoms with van der Waals surface area (Å²) >= 11 is 5.98. The fourth-order valence-corrected chi connectivity index (χ4v) is 3.04. The molecule has 0 aliphatic carbocycles. The number of ketones is 1. The third-order valence-electron chi connectivity index (χ3n) is 4.35. The maximum absolute atomic E-state index is 12.7. The standard InChI is InChI=1S/C16H22ClNO/c1-3-16(2,18-9-4-5-10-18)15(19)12-13-7-6-8-14(17)11-13/h6-8,11H,3-5,9-10,12H2,1-2H3. The average molecular weight is 280 g/mol. The van der Waals surface area contributed by atoms with Crippen molar-refractivity contribution in [2.45, 2.75) is 45.1 Å². The van der Waals surface area contributed by atoms with Crippen molar-refractivity contribution in [3.05, 3.63) is 34.9 Å². The molecule has 1 aromatic rings. The second kappa shape index (κ2) is 6.06. The number of likely N-dealkylation sites (tertiary alicyclic amines) is 1. The molecule has 1 aromatic carbocycles. The number of halogens is 1. The minimum absolute atomic E-state index is 0.305. The second-order valence-electron chi connectivity index (χ2n) is 5.55. The number of rotatable bonds is 5. The van der Waals surface area contributed by atoms with Crippen molar-refractivity contribution in [3.63, 3.8) is 0 Å². The van der Waals surface area contributed by atoms with E-state index in [1.807, 2.05) is 24.3 Å². The molecule has 1 atom stereocenters. The number of carbonyl (C=O) groups excluding carboxylic acids is 1. The first-order valence-corrected chi connectivity index (χ1v) is 7.47. The zero-order valence-corrected chi connectivity index (χ0v) is 12.5. The van der Waals surface area contributed by atoms with Crippen LogP contribution in [0.1, 0.15) is 38.7 Å². The molecule has 104 valence electrons. The number of Topliss-reactive ketones (excluding diaryl/α,β-unsaturated/α-hetero) is 1. The largest absolute Gasteiger partial charge is 0.297 e. The smallest absolute Gasteiger partial charge is 0.157 e. The lowest BCUT2D eigenvalue weighted by Gasteiger charge is -2.36. The molecule has 1 fully saturated rings. The Morgan fingerprint density at radius 2 is 2.05 bits per heavy atom. The van der Waals surface area contributed by atoms with E-state index in [0.29, 0.717) is 17.2 Å². The third kappa shape index (κ3) is 3.18. The first kappa shape index (κ1) is 14.5. The van der Waals surface area contributed by atoms with E-state index in [4.69, 9.17) is 11.6 Å². The predicted molar refractivity (Wildman–Crippen MR) is 79.7 cm³/mol. The van der Waals surface area contributed by atoms with Gasteiger partial charge in [0.25, 0.3) is 0 Å². The summed E-state index contributed by atoms with van der Waals surface area (Å²) in [5.74, 6) is 0.305. The van der Waals surface area contributed by atoms with Gasteiger partial charge in [-0.05, 0) is 57.0 Å². The van der Waals surface area contributed by atoms with Crippen LogP contribution in [0, 0.1) is 0 Å². The first-order chi connectivity index (χ1) is 9.06. The Kier molecular flexibility index (Phi) is 4.64. The molecule has 2 nitrogen and oxygen atoms in total. The van der Waals surface area contributed by atoms with Crippen molar-refractivity contribution in [1.29, 1.82) is 0 Å². The van der Waals surface area contributed by atoms with E-state index in [0.717, 1.165) is 25.1 Å². The Bertz CT molecular complexity index is 454. The normalized spacial score (nSPS) is 19.3. The maximum atomic E-state index is 12.7. The molecule has 0 saturated carbocycles. The van der Waals surface area contributed by atoms with Gasteiger partial charge in [0, 0.05) is 11.4 Å². The minimum atomic E-state index is -0.321. The number of carbonyl (C=O) groups is 1. The van der Waals surface area contributed by atoms with Gasteiger partial charge >= 0.3 is 0 Å². The summed E-state index contributed by atoms with van der Waals surface area (Å²) in [7, 11) is 0. The van der Waals surface area contributed by atoms with Gasteiger partial charge < -0.3 is 0 Å². The lowest BCUT2D eigenvalue weighted by atomic mass is 9.87. The highest BCUT2D eigenvalue weighted by molar-refractivity contribution is 6.30. The van der Waals surface area contributed by atoms with Gasteiger partial charge in [0.1, 0.15) is 0 Å². The van der Waals surface area contributed by atoms with Crippen molar-refractivity contribution in [1.82, 2.24) is 4.90 Å². The Morgan fingerprint density at radius 3 is 2.63 bits per heavy atom. The molecule has 0 radical (unpaired) electrons. The fourth-order valence-electron chi connectivity index (χ4n) is 2.83. The number of nitrogens with zero attached hydrogens (tertiary/aromatic N) is 1. The van der Waals surface area contributed by atoms with Crippen molar-refractivity contribution in [2.75, 3.05) is 13.1 Å². The SMILES string of the molecule is CCC(C)(C(=O)Cc1cccc(Cl)c1)N1CCCC1. The van der Waals surface area contributed by atoms with Crippen molar-refractivity contribution in [3.8, 4) is 0 Å². The lowest BCUT2D eigenvalue weighted by molar-refractivity contribution is -0.129. The molecule has 3 heteroatoms. The van der Waals surface area contributed by atoms with E-state index < -0.39 is 0 Å². The topological polar surface area (TPSA) is 20.3 Å². The average Bonchev–Trinajstić information content (AvgIpc) is 2.92. The molecular formula is C16H22ClNO. The van der Waals surface area contributed by atoms with Gasteiger partial charge in [-0.15, -0.1) is 0 Å². The fraction of sp³-hybridized carbons (Fsp3) is 0.562. The Balaban J connectivity index is 2.12. The molecule has 1 saturated heterocycles. The zero-order valence-electron chi connectivity index (χ0n) is 11.8. The second-order valence-corrected chi connectivity index (χ2v) is 5.99. The van der Waals surface area contributed by atoms with E-state index >= 15 is 0 Å². The zero-order chi connectivity index (χ0) is 13.9. The molecule has 2 rings (SSSR count). The van der Waals surface area contributed by atoms with Gasteiger partial charge in [-0.2, -0.15) is 0 Å². The molecule has 0 spiro atoms. The Labute approximate surface area is 120 Å². The van der Waals surface area contributed by atoms with Gasteiger partial charge in [0.2, 0.25) is 0 Å². The summed E-state index contributed by atoms with van der Waals surface area (Å²) in [5, 5.41) is 0.699. The molecule has 19 heavy (non-hydrogen) atoms. The highest BCUT2D eigenvalue weighted by Gasteiger charge is 2.38. The van der Waals surface area contributed by atoms with Gasteiger partial charge in [-0.3, -0.25) is 9.69 Å². The molecular weight excluding hydrogens is 258 g/mol. The van der Waals surface area contributed by atoms with Crippen LogP contribution in [-0.4, -0.2) is 29.3 Å². The van der Waals surface area contributed by atoms with Crippen LogP contribution < -0.4 is 0 Å². The molecule has 1 unspecified atom stereocenters. The van der Waals surface area contributed by atoms with E-state index in [2.05, 4.69) is 18.7 Å².